The van der Waals surface area contributed by atoms with Crippen molar-refractivity contribution in [3.05, 3.63) is 36.0 Å². The molecule has 1 fully saturated rings. The number of hydrogen-bond donors (Lipinski definition) is 2. The molecule has 0 amide bonds. The molecule has 16 heavy (non-hydrogen) atoms. The Morgan fingerprint density at radius 1 is 1.19 bits per heavy atom. The van der Waals surface area contributed by atoms with Crippen LogP contribution < -0.4 is 5.32 Å². The summed E-state index contributed by atoms with van der Waals surface area (Å²) in [5.41, 5.74) is 2.80. The lowest BCUT2D eigenvalue weighted by molar-refractivity contribution is 0.365. The molecule has 2 N–H and O–H groups in total. The van der Waals surface area contributed by atoms with Gasteiger partial charge in [0.25, 0.3) is 0 Å². The molecule has 1 aromatic heterocycles. The number of piperidine rings is 1. The van der Waals surface area contributed by atoms with Crippen molar-refractivity contribution in [3.63, 3.8) is 0 Å². The van der Waals surface area contributed by atoms with Crippen LogP contribution in [0.15, 0.2) is 30.5 Å². The van der Waals surface area contributed by atoms with E-state index in [-0.39, 0.29) is 0 Å². The van der Waals surface area contributed by atoms with Crippen LogP contribution in [0, 0.1) is 5.92 Å². The van der Waals surface area contributed by atoms with E-state index in [0.717, 1.165) is 19.0 Å². The summed E-state index contributed by atoms with van der Waals surface area (Å²) in [6, 6.07) is 8.77. The Balaban J connectivity index is 2.01. The summed E-state index contributed by atoms with van der Waals surface area (Å²) in [6.45, 7) is 4.60. The summed E-state index contributed by atoms with van der Waals surface area (Å²) >= 11 is 0. The molecule has 2 unspecified atom stereocenters. The molecule has 0 bridgehead atoms. The summed E-state index contributed by atoms with van der Waals surface area (Å²) in [5, 5.41) is 4.86. The first kappa shape index (κ1) is 9.91. The summed E-state index contributed by atoms with van der Waals surface area (Å²) in [7, 11) is 0. The molecule has 2 heterocycles. The zero-order chi connectivity index (χ0) is 11.0. The number of nitrogens with one attached hydrogen (secondary N) is 2. The first-order valence-electron chi connectivity index (χ1n) is 6.11. The molecule has 84 valence electrons. The topological polar surface area (TPSA) is 27.8 Å². The van der Waals surface area contributed by atoms with Crippen LogP contribution in [0.5, 0.6) is 0 Å². The monoisotopic (exact) mass is 214 g/mol. The Kier molecular flexibility index (Phi) is 2.44. The van der Waals surface area contributed by atoms with E-state index in [1.165, 1.54) is 22.9 Å². The fraction of sp³-hybridized carbons (Fsp3) is 0.429. The van der Waals surface area contributed by atoms with Gasteiger partial charge < -0.3 is 10.3 Å². The molecule has 0 radical (unpaired) electrons. The number of para-hydroxylation sites is 1. The first-order valence-corrected chi connectivity index (χ1v) is 6.11. The Morgan fingerprint density at radius 3 is 3.00 bits per heavy atom. The molecular weight excluding hydrogens is 196 g/mol. The Labute approximate surface area is 96.1 Å². The van der Waals surface area contributed by atoms with Gasteiger partial charge in [-0.25, -0.2) is 0 Å². The number of H-pyrrole nitrogens is 1. The number of rotatable bonds is 1. The van der Waals surface area contributed by atoms with Crippen LogP contribution in [-0.4, -0.2) is 18.1 Å². The first-order chi connectivity index (χ1) is 7.84. The van der Waals surface area contributed by atoms with Gasteiger partial charge in [-0.2, -0.15) is 0 Å². The molecule has 0 aliphatic carbocycles. The zero-order valence-electron chi connectivity index (χ0n) is 9.66. The maximum atomic E-state index is 3.53. The second-order valence-electron chi connectivity index (χ2n) is 4.99. The van der Waals surface area contributed by atoms with Crippen LogP contribution in [0.4, 0.5) is 0 Å². The predicted molar refractivity (Wildman–Crippen MR) is 67.7 cm³/mol. The van der Waals surface area contributed by atoms with Crippen molar-refractivity contribution >= 4 is 10.9 Å². The molecule has 2 heteroatoms. The molecule has 1 saturated heterocycles. The minimum absolute atomic E-state index is 0.658. The minimum Gasteiger partial charge on any atom is -0.361 e. The van der Waals surface area contributed by atoms with E-state index in [1.807, 2.05) is 6.20 Å². The van der Waals surface area contributed by atoms with E-state index in [9.17, 15) is 0 Å². The molecule has 1 aromatic carbocycles. The summed E-state index contributed by atoms with van der Waals surface area (Å²) in [6.07, 6.45) is 3.33. The zero-order valence-corrected chi connectivity index (χ0v) is 9.66. The molecule has 2 nitrogen and oxygen atoms in total. The third kappa shape index (κ3) is 1.63. The van der Waals surface area contributed by atoms with E-state index in [0.29, 0.717) is 5.92 Å². The van der Waals surface area contributed by atoms with Crippen molar-refractivity contribution < 1.29 is 0 Å². The highest BCUT2D eigenvalue weighted by Crippen LogP contribution is 2.30. The van der Waals surface area contributed by atoms with Gasteiger partial charge in [0.15, 0.2) is 0 Å². The Bertz CT molecular complexity index is 486. The third-order valence-corrected chi connectivity index (χ3v) is 3.63. The second-order valence-corrected chi connectivity index (χ2v) is 4.99. The highest BCUT2D eigenvalue weighted by Gasteiger charge is 2.21. The predicted octanol–water partition coefficient (Wildman–Crippen LogP) is 2.88. The standard InChI is InChI=1S/C14H18N2/c1-10-7-12(9-15-8-10)13-4-2-3-11-5-6-16-14(11)13/h2-6,10,12,15-16H,7-9H2,1H3. The molecule has 0 saturated carbocycles. The van der Waals surface area contributed by atoms with Crippen molar-refractivity contribution in [1.29, 1.82) is 0 Å². The molecule has 1 aliphatic heterocycles. The van der Waals surface area contributed by atoms with Gasteiger partial charge in [-0.3, -0.25) is 0 Å². The lowest BCUT2D eigenvalue weighted by atomic mass is 9.86. The number of fused-ring (bicyclic) bond motifs is 1. The van der Waals surface area contributed by atoms with Crippen molar-refractivity contribution in [1.82, 2.24) is 10.3 Å². The minimum atomic E-state index is 0.658. The average Bonchev–Trinajstić information content (AvgIpc) is 2.76. The lowest BCUT2D eigenvalue weighted by Gasteiger charge is -2.28. The van der Waals surface area contributed by atoms with Gasteiger partial charge in [-0.1, -0.05) is 25.1 Å². The van der Waals surface area contributed by atoms with E-state index in [4.69, 9.17) is 0 Å². The number of aromatic nitrogens is 1. The van der Waals surface area contributed by atoms with E-state index in [1.54, 1.807) is 0 Å². The molecule has 2 atom stereocenters. The fourth-order valence-corrected chi connectivity index (χ4v) is 2.84. The van der Waals surface area contributed by atoms with E-state index >= 15 is 0 Å². The third-order valence-electron chi connectivity index (χ3n) is 3.63. The molecule has 0 spiro atoms. The van der Waals surface area contributed by atoms with Gasteiger partial charge >= 0.3 is 0 Å². The van der Waals surface area contributed by atoms with Gasteiger partial charge in [-0.15, -0.1) is 0 Å². The highest BCUT2D eigenvalue weighted by molar-refractivity contribution is 5.83. The van der Waals surface area contributed by atoms with Gasteiger partial charge in [-0.05, 0) is 41.8 Å². The Morgan fingerprint density at radius 2 is 2.12 bits per heavy atom. The lowest BCUT2D eigenvalue weighted by Crippen LogP contribution is -2.33. The Hall–Kier alpha value is -1.28. The van der Waals surface area contributed by atoms with Gasteiger partial charge in [0, 0.05) is 18.3 Å². The summed E-state index contributed by atoms with van der Waals surface area (Å²) in [5.74, 6) is 1.44. The average molecular weight is 214 g/mol. The largest absolute Gasteiger partial charge is 0.361 e. The van der Waals surface area contributed by atoms with Crippen LogP contribution in [0.1, 0.15) is 24.8 Å². The smallest absolute Gasteiger partial charge is 0.0489 e. The maximum Gasteiger partial charge on any atom is 0.0489 e. The SMILES string of the molecule is CC1CNCC(c2cccc3cc[nH]c23)C1. The van der Waals surface area contributed by atoms with Crippen molar-refractivity contribution in [3.8, 4) is 0 Å². The van der Waals surface area contributed by atoms with Gasteiger partial charge in [0.1, 0.15) is 0 Å². The van der Waals surface area contributed by atoms with Gasteiger partial charge in [0.2, 0.25) is 0 Å². The molecule has 2 aromatic rings. The van der Waals surface area contributed by atoms with Crippen molar-refractivity contribution in [2.75, 3.05) is 13.1 Å². The van der Waals surface area contributed by atoms with Crippen LogP contribution in [0.25, 0.3) is 10.9 Å². The van der Waals surface area contributed by atoms with Gasteiger partial charge in [0.05, 0.1) is 0 Å². The quantitative estimate of drug-likeness (QED) is 0.750. The fourth-order valence-electron chi connectivity index (χ4n) is 2.84. The molecule has 3 rings (SSSR count). The van der Waals surface area contributed by atoms with Crippen LogP contribution in [-0.2, 0) is 0 Å². The molecule has 1 aliphatic rings. The van der Waals surface area contributed by atoms with Crippen molar-refractivity contribution in [2.45, 2.75) is 19.3 Å². The van der Waals surface area contributed by atoms with E-state index < -0.39 is 0 Å². The second kappa shape index (κ2) is 3.95. The number of hydrogen-bond acceptors (Lipinski definition) is 1. The summed E-state index contributed by atoms with van der Waals surface area (Å²) < 4.78 is 0. The molecular formula is C14H18N2. The van der Waals surface area contributed by atoms with Crippen molar-refractivity contribution in [2.24, 2.45) is 5.92 Å². The van der Waals surface area contributed by atoms with Crippen LogP contribution in [0.3, 0.4) is 0 Å². The maximum absolute atomic E-state index is 3.53. The van der Waals surface area contributed by atoms with E-state index in [2.05, 4.69) is 41.5 Å². The number of aromatic amines is 1. The number of benzene rings is 1. The normalized spacial score (nSPS) is 26.1. The summed E-state index contributed by atoms with van der Waals surface area (Å²) in [4.78, 5) is 3.37. The highest BCUT2D eigenvalue weighted by atomic mass is 14.9. The van der Waals surface area contributed by atoms with Crippen LogP contribution >= 0.6 is 0 Å². The van der Waals surface area contributed by atoms with Crippen LogP contribution in [0.2, 0.25) is 0 Å².